The zero-order valence-corrected chi connectivity index (χ0v) is 22.0. The van der Waals surface area contributed by atoms with Crippen molar-refractivity contribution in [3.05, 3.63) is 45.8 Å². The number of carboxylic acids is 1. The quantitative estimate of drug-likeness (QED) is 0.449. The number of tetrazole rings is 1. The van der Waals surface area contributed by atoms with E-state index in [0.29, 0.717) is 11.3 Å². The fourth-order valence-corrected chi connectivity index (χ4v) is 5.19. The third kappa shape index (κ3) is 5.31. The van der Waals surface area contributed by atoms with Crippen molar-refractivity contribution in [3.63, 3.8) is 0 Å². The Labute approximate surface area is 213 Å². The van der Waals surface area contributed by atoms with Crippen LogP contribution in [0.4, 0.5) is 21.8 Å². The minimum atomic E-state index is -1.18. The van der Waals surface area contributed by atoms with Crippen molar-refractivity contribution in [2.45, 2.75) is 64.6 Å². The van der Waals surface area contributed by atoms with Crippen molar-refractivity contribution in [1.82, 2.24) is 35.1 Å². The van der Waals surface area contributed by atoms with Crippen LogP contribution >= 0.6 is 0 Å². The van der Waals surface area contributed by atoms with Crippen molar-refractivity contribution < 1.29 is 14.3 Å². The van der Waals surface area contributed by atoms with Crippen LogP contribution in [0.25, 0.3) is 5.69 Å². The van der Waals surface area contributed by atoms with E-state index < -0.39 is 17.5 Å². The topological polar surface area (TPSA) is 143 Å². The van der Waals surface area contributed by atoms with E-state index in [1.54, 1.807) is 13.0 Å². The van der Waals surface area contributed by atoms with Gasteiger partial charge in [0.2, 0.25) is 5.95 Å². The minimum Gasteiger partial charge on any atom is -0.478 e. The number of aromatic carboxylic acids is 1. The van der Waals surface area contributed by atoms with Crippen molar-refractivity contribution in [3.8, 4) is 5.69 Å². The number of halogens is 1. The number of nitrogens with zero attached hydrogens (tertiary/aromatic N) is 7. The zero-order chi connectivity index (χ0) is 27.3. The molecule has 3 aromatic rings. The van der Waals surface area contributed by atoms with E-state index in [1.165, 1.54) is 13.1 Å². The van der Waals surface area contributed by atoms with Gasteiger partial charge in [-0.25, -0.2) is 19.0 Å². The lowest BCUT2D eigenvalue weighted by Crippen LogP contribution is -2.62. The Morgan fingerprint density at radius 1 is 1.22 bits per heavy atom. The number of piperidine rings is 1. The molecule has 0 saturated carbocycles. The molecule has 0 amide bonds. The van der Waals surface area contributed by atoms with Crippen LogP contribution in [0, 0.1) is 12.7 Å². The molecule has 37 heavy (non-hydrogen) atoms. The summed E-state index contributed by atoms with van der Waals surface area (Å²) in [7, 11) is 3.25. The molecule has 3 N–H and O–H groups in total. The first kappa shape index (κ1) is 26.2. The van der Waals surface area contributed by atoms with E-state index in [9.17, 15) is 19.1 Å². The van der Waals surface area contributed by atoms with E-state index in [1.807, 2.05) is 11.9 Å². The first-order valence-corrected chi connectivity index (χ1v) is 11.9. The van der Waals surface area contributed by atoms with Gasteiger partial charge < -0.3 is 20.6 Å². The number of nitrogens with one attached hydrogen (secondary N) is 2. The summed E-state index contributed by atoms with van der Waals surface area (Å²) in [5.74, 6) is -1.54. The number of aromatic nitrogens is 6. The monoisotopic (exact) mass is 513 g/mol. The molecule has 3 heterocycles. The Morgan fingerprint density at radius 2 is 1.86 bits per heavy atom. The Bertz CT molecular complexity index is 1400. The van der Waals surface area contributed by atoms with Crippen LogP contribution in [0.15, 0.2) is 23.1 Å². The summed E-state index contributed by atoms with van der Waals surface area (Å²) >= 11 is 0. The summed E-state index contributed by atoms with van der Waals surface area (Å²) in [6.07, 6.45) is 2.66. The molecule has 0 atom stereocenters. The van der Waals surface area contributed by atoms with Crippen molar-refractivity contribution in [2.24, 2.45) is 7.05 Å². The Balaban J connectivity index is 1.70. The lowest BCUT2D eigenvalue weighted by Gasteiger charge is -2.49. The van der Waals surface area contributed by atoms with Gasteiger partial charge in [0.15, 0.2) is 11.6 Å². The maximum atomic E-state index is 14.9. The molecule has 2 aromatic heterocycles. The summed E-state index contributed by atoms with van der Waals surface area (Å²) in [6.45, 7) is 10.1. The second-order valence-corrected chi connectivity index (χ2v) is 10.8. The lowest BCUT2D eigenvalue weighted by atomic mass is 9.79. The standard InChI is InChI=1S/C24H32FN9O3/c1-13-16(20(35)36)8-14(9-18(13)34-22(37)33(7)30-31-34)27-21-26-12-17(25)19(28-21)32(6)15-10-23(2,3)29-24(4,5)11-15/h8-9,12,15,29H,10-11H2,1-7H3,(H,35,36)(H,26,27,28). The van der Waals surface area contributed by atoms with E-state index in [4.69, 9.17) is 0 Å². The van der Waals surface area contributed by atoms with Gasteiger partial charge in [0.1, 0.15) is 0 Å². The number of hydrogen-bond donors (Lipinski definition) is 3. The highest BCUT2D eigenvalue weighted by atomic mass is 19.1. The molecule has 0 bridgehead atoms. The number of hydrogen-bond acceptors (Lipinski definition) is 9. The smallest absolute Gasteiger partial charge is 0.368 e. The van der Waals surface area contributed by atoms with Gasteiger partial charge in [0, 0.05) is 36.9 Å². The molecule has 0 radical (unpaired) electrons. The SMILES string of the molecule is Cc1c(C(=O)O)cc(Nc2ncc(F)c(N(C)C3CC(C)(C)NC(C)(C)C3)n2)cc1-n1nnn(C)c1=O. The van der Waals surface area contributed by atoms with E-state index in [-0.39, 0.29) is 40.1 Å². The average molecular weight is 514 g/mol. The molecule has 1 fully saturated rings. The van der Waals surface area contributed by atoms with Crippen molar-refractivity contribution in [2.75, 3.05) is 17.3 Å². The largest absolute Gasteiger partial charge is 0.478 e. The molecule has 1 aliphatic rings. The molecule has 12 nitrogen and oxygen atoms in total. The highest BCUT2D eigenvalue weighted by Crippen LogP contribution is 2.34. The second kappa shape index (κ2) is 9.21. The molecule has 0 spiro atoms. The number of aryl methyl sites for hydroxylation is 1. The first-order chi connectivity index (χ1) is 17.2. The van der Waals surface area contributed by atoms with E-state index >= 15 is 0 Å². The van der Waals surface area contributed by atoms with Gasteiger partial charge in [0.25, 0.3) is 0 Å². The summed E-state index contributed by atoms with van der Waals surface area (Å²) in [5, 5.41) is 23.8. The zero-order valence-electron chi connectivity index (χ0n) is 22.0. The van der Waals surface area contributed by atoms with Gasteiger partial charge >= 0.3 is 11.7 Å². The number of carbonyl (C=O) groups is 1. The van der Waals surface area contributed by atoms with Gasteiger partial charge in [-0.2, -0.15) is 14.3 Å². The van der Waals surface area contributed by atoms with Gasteiger partial charge in [-0.3, -0.25) is 0 Å². The van der Waals surface area contributed by atoms with Crippen LogP contribution in [-0.4, -0.2) is 65.0 Å². The fraction of sp³-hybridized carbons (Fsp3) is 0.500. The van der Waals surface area contributed by atoms with Gasteiger partial charge in [-0.05, 0) is 75.6 Å². The predicted molar refractivity (Wildman–Crippen MR) is 136 cm³/mol. The molecule has 13 heteroatoms. The number of benzene rings is 1. The highest BCUT2D eigenvalue weighted by molar-refractivity contribution is 5.92. The second-order valence-electron chi connectivity index (χ2n) is 10.8. The van der Waals surface area contributed by atoms with Crippen LogP contribution in [-0.2, 0) is 7.05 Å². The molecule has 1 aliphatic heterocycles. The van der Waals surface area contributed by atoms with Gasteiger partial charge in [0.05, 0.1) is 17.4 Å². The van der Waals surface area contributed by atoms with Crippen molar-refractivity contribution >= 4 is 23.4 Å². The number of carboxylic acid groups (broad SMARTS) is 1. The van der Waals surface area contributed by atoms with Crippen LogP contribution < -0.4 is 21.2 Å². The summed E-state index contributed by atoms with van der Waals surface area (Å²) in [4.78, 5) is 34.7. The molecule has 1 saturated heterocycles. The summed E-state index contributed by atoms with van der Waals surface area (Å²) < 4.78 is 17.0. The minimum absolute atomic E-state index is 0.0246. The maximum absolute atomic E-state index is 14.9. The number of anilines is 3. The molecular formula is C24H32FN9O3. The third-order valence-corrected chi connectivity index (χ3v) is 6.59. The van der Waals surface area contributed by atoms with E-state index in [0.717, 1.165) is 28.4 Å². The molecule has 4 rings (SSSR count). The molecule has 1 aromatic carbocycles. The van der Waals surface area contributed by atoms with Crippen LogP contribution in [0.2, 0.25) is 0 Å². The Hall–Kier alpha value is -3.87. The summed E-state index contributed by atoms with van der Waals surface area (Å²) in [6, 6.07) is 2.97. The molecule has 0 unspecified atom stereocenters. The maximum Gasteiger partial charge on any atom is 0.368 e. The number of rotatable bonds is 6. The fourth-order valence-electron chi connectivity index (χ4n) is 5.19. The normalized spacial score (nSPS) is 17.0. The van der Waals surface area contributed by atoms with Crippen molar-refractivity contribution in [1.29, 1.82) is 0 Å². The summed E-state index contributed by atoms with van der Waals surface area (Å²) in [5.41, 5.74) is -0.0106. The predicted octanol–water partition coefficient (Wildman–Crippen LogP) is 2.39. The molecular weight excluding hydrogens is 481 g/mol. The van der Waals surface area contributed by atoms with Gasteiger partial charge in [-0.15, -0.1) is 0 Å². The van der Waals surface area contributed by atoms with E-state index in [2.05, 4.69) is 58.7 Å². The average Bonchev–Trinajstić information content (AvgIpc) is 3.11. The lowest BCUT2D eigenvalue weighted by molar-refractivity contribution is 0.0696. The third-order valence-electron chi connectivity index (χ3n) is 6.59. The molecule has 0 aliphatic carbocycles. The first-order valence-electron chi connectivity index (χ1n) is 11.9. The Morgan fingerprint density at radius 3 is 2.43 bits per heavy atom. The Kier molecular flexibility index (Phi) is 6.52. The van der Waals surface area contributed by atoms with Crippen LogP contribution in [0.1, 0.15) is 56.5 Å². The molecule has 198 valence electrons. The van der Waals surface area contributed by atoms with Crippen LogP contribution in [0.5, 0.6) is 0 Å². The van der Waals surface area contributed by atoms with Gasteiger partial charge in [-0.1, -0.05) is 0 Å². The van der Waals surface area contributed by atoms with Crippen LogP contribution in [0.3, 0.4) is 0 Å². The highest BCUT2D eigenvalue weighted by Gasteiger charge is 2.40.